The Morgan fingerprint density at radius 1 is 1.57 bits per heavy atom. The van der Waals surface area contributed by atoms with Crippen molar-refractivity contribution in [3.05, 3.63) is 0 Å². The van der Waals surface area contributed by atoms with Gasteiger partial charge in [-0.2, -0.15) is 0 Å². The number of hydrogen-bond donors (Lipinski definition) is 1. The number of ether oxygens (including phenoxy) is 1. The van der Waals surface area contributed by atoms with Gasteiger partial charge in [-0.1, -0.05) is 0 Å². The van der Waals surface area contributed by atoms with Gasteiger partial charge in [0.05, 0.1) is 0 Å². The molecule has 0 spiro atoms. The molecule has 2 aliphatic heterocycles. The van der Waals surface area contributed by atoms with Crippen LogP contribution in [0.5, 0.6) is 0 Å². The minimum atomic E-state index is -0.402. The van der Waals surface area contributed by atoms with E-state index in [4.69, 9.17) is 0 Å². The fourth-order valence-corrected chi connectivity index (χ4v) is 2.11. The summed E-state index contributed by atoms with van der Waals surface area (Å²) in [6, 6.07) is 0.754. The first-order valence-electron chi connectivity index (χ1n) is 4.83. The second kappa shape index (κ2) is 3.57. The number of hydrogen-bond acceptors (Lipinski definition) is 4. The second-order valence-electron chi connectivity index (χ2n) is 3.82. The van der Waals surface area contributed by atoms with Gasteiger partial charge in [0.2, 0.25) is 0 Å². The molecule has 78 valence electrons. The summed E-state index contributed by atoms with van der Waals surface area (Å²) in [5.74, 6) is -0.477. The maximum Gasteiger partial charge on any atom is 0.303 e. The number of amides is 1. The number of rotatable bonds is 2. The van der Waals surface area contributed by atoms with Crippen molar-refractivity contribution in [1.29, 1.82) is 0 Å². The molecule has 0 aromatic heterocycles. The molecule has 2 fully saturated rings. The molecule has 1 amide bonds. The maximum absolute atomic E-state index is 11.6. The van der Waals surface area contributed by atoms with Crippen molar-refractivity contribution in [1.82, 2.24) is 10.2 Å². The van der Waals surface area contributed by atoms with E-state index in [-0.39, 0.29) is 12.5 Å². The Hall–Kier alpha value is -1.10. The highest BCUT2D eigenvalue weighted by Crippen LogP contribution is 2.22. The third kappa shape index (κ3) is 1.72. The van der Waals surface area contributed by atoms with Crippen LogP contribution in [0.2, 0.25) is 0 Å². The van der Waals surface area contributed by atoms with Crippen molar-refractivity contribution in [3.8, 4) is 0 Å². The molecule has 1 N–H and O–H groups in total. The Bertz CT molecular complexity index is 267. The zero-order chi connectivity index (χ0) is 10.1. The number of likely N-dealkylation sites (tertiary alicyclic amines) is 1. The molecule has 2 aliphatic rings. The van der Waals surface area contributed by atoms with Crippen LogP contribution in [0.15, 0.2) is 0 Å². The monoisotopic (exact) mass is 198 g/mol. The highest BCUT2D eigenvalue weighted by molar-refractivity contribution is 5.80. The van der Waals surface area contributed by atoms with E-state index in [0.29, 0.717) is 12.1 Å². The summed E-state index contributed by atoms with van der Waals surface area (Å²) in [6.45, 7) is 2.82. The van der Waals surface area contributed by atoms with E-state index < -0.39 is 5.97 Å². The molecule has 0 aromatic carbocycles. The fraction of sp³-hybridized carbons (Fsp3) is 0.778. The molecular weight excluding hydrogens is 184 g/mol. The van der Waals surface area contributed by atoms with Gasteiger partial charge in [-0.05, 0) is 6.42 Å². The standard InChI is InChI=1S/C9H14N2O3/c1-6(12)14-5-9(13)11-4-7-2-8(11)3-10-7/h7-8,10H,2-5H2,1H3/t7-,8-/m1/s1. The lowest BCUT2D eigenvalue weighted by atomic mass is 10.2. The lowest BCUT2D eigenvalue weighted by Crippen LogP contribution is -2.47. The third-order valence-corrected chi connectivity index (χ3v) is 2.78. The predicted octanol–water partition coefficient (Wildman–Crippen LogP) is -0.878. The van der Waals surface area contributed by atoms with Gasteiger partial charge in [-0.25, -0.2) is 0 Å². The number of nitrogens with zero attached hydrogens (tertiary/aromatic N) is 1. The number of carbonyl (C=O) groups is 2. The molecule has 0 radical (unpaired) electrons. The summed E-state index contributed by atoms with van der Waals surface area (Å²) in [5, 5.41) is 3.30. The summed E-state index contributed by atoms with van der Waals surface area (Å²) in [5.41, 5.74) is 0. The first kappa shape index (κ1) is 9.45. The number of esters is 1. The Morgan fingerprint density at radius 2 is 2.36 bits per heavy atom. The highest BCUT2D eigenvalue weighted by Gasteiger charge is 2.39. The number of piperazine rings is 1. The first-order chi connectivity index (χ1) is 6.66. The molecule has 14 heavy (non-hydrogen) atoms. The zero-order valence-corrected chi connectivity index (χ0v) is 8.16. The number of carbonyl (C=O) groups excluding carboxylic acids is 2. The molecule has 0 aliphatic carbocycles. The Morgan fingerprint density at radius 3 is 2.86 bits per heavy atom. The van der Waals surface area contributed by atoms with Crippen LogP contribution < -0.4 is 5.32 Å². The van der Waals surface area contributed by atoms with Gasteiger partial charge in [0.25, 0.3) is 5.91 Å². The largest absolute Gasteiger partial charge is 0.456 e. The van der Waals surface area contributed by atoms with Crippen LogP contribution in [-0.4, -0.2) is 48.6 Å². The lowest BCUT2D eigenvalue weighted by molar-refractivity contribution is -0.150. The maximum atomic E-state index is 11.6. The van der Waals surface area contributed by atoms with Crippen LogP contribution in [0, 0.1) is 0 Å². The van der Waals surface area contributed by atoms with Crippen LogP contribution in [0.1, 0.15) is 13.3 Å². The van der Waals surface area contributed by atoms with E-state index in [9.17, 15) is 9.59 Å². The highest BCUT2D eigenvalue weighted by atomic mass is 16.5. The molecular formula is C9H14N2O3. The van der Waals surface area contributed by atoms with E-state index in [2.05, 4.69) is 10.1 Å². The van der Waals surface area contributed by atoms with Crippen LogP contribution in [0.25, 0.3) is 0 Å². The van der Waals surface area contributed by atoms with Crippen molar-refractivity contribution in [3.63, 3.8) is 0 Å². The average molecular weight is 198 g/mol. The summed E-state index contributed by atoms with van der Waals surface area (Å²) >= 11 is 0. The van der Waals surface area contributed by atoms with Gasteiger partial charge in [0.1, 0.15) is 0 Å². The van der Waals surface area contributed by atoms with Crippen molar-refractivity contribution in [2.45, 2.75) is 25.4 Å². The van der Waals surface area contributed by atoms with Crippen molar-refractivity contribution in [2.24, 2.45) is 0 Å². The summed E-state index contributed by atoms with van der Waals surface area (Å²) in [6.07, 6.45) is 1.03. The molecule has 2 rings (SSSR count). The van der Waals surface area contributed by atoms with Gasteiger partial charge in [-0.15, -0.1) is 0 Å². The van der Waals surface area contributed by atoms with Gasteiger partial charge >= 0.3 is 5.97 Å². The molecule has 5 heteroatoms. The smallest absolute Gasteiger partial charge is 0.303 e. The second-order valence-corrected chi connectivity index (χ2v) is 3.82. The minimum absolute atomic E-state index is 0.0748. The Labute approximate surface area is 82.4 Å². The third-order valence-electron chi connectivity index (χ3n) is 2.78. The van der Waals surface area contributed by atoms with E-state index in [1.807, 2.05) is 4.90 Å². The van der Waals surface area contributed by atoms with Crippen LogP contribution in [0.4, 0.5) is 0 Å². The molecule has 2 atom stereocenters. The van der Waals surface area contributed by atoms with Crippen LogP contribution in [0.3, 0.4) is 0 Å². The summed E-state index contributed by atoms with van der Waals surface area (Å²) in [4.78, 5) is 23.9. The van der Waals surface area contributed by atoms with Gasteiger partial charge in [-0.3, -0.25) is 9.59 Å². The van der Waals surface area contributed by atoms with Crippen LogP contribution >= 0.6 is 0 Å². The molecule has 0 unspecified atom stereocenters. The predicted molar refractivity (Wildman–Crippen MR) is 48.5 cm³/mol. The van der Waals surface area contributed by atoms with Crippen molar-refractivity contribution < 1.29 is 14.3 Å². The van der Waals surface area contributed by atoms with Gasteiger partial charge in [0.15, 0.2) is 6.61 Å². The van der Waals surface area contributed by atoms with Crippen molar-refractivity contribution in [2.75, 3.05) is 19.7 Å². The SMILES string of the molecule is CC(=O)OCC(=O)N1C[C@H]2C[C@@H]1CN2. The molecule has 2 heterocycles. The van der Waals surface area contributed by atoms with Crippen molar-refractivity contribution >= 4 is 11.9 Å². The molecule has 0 aromatic rings. The van der Waals surface area contributed by atoms with E-state index in [1.165, 1.54) is 6.92 Å². The molecule has 5 nitrogen and oxygen atoms in total. The zero-order valence-electron chi connectivity index (χ0n) is 8.16. The quantitative estimate of drug-likeness (QED) is 0.585. The van der Waals surface area contributed by atoms with Gasteiger partial charge in [0, 0.05) is 32.1 Å². The van der Waals surface area contributed by atoms with E-state index >= 15 is 0 Å². The normalized spacial score (nSPS) is 29.4. The topological polar surface area (TPSA) is 58.6 Å². The lowest BCUT2D eigenvalue weighted by Gasteiger charge is -2.27. The Kier molecular flexibility index (Phi) is 2.41. The Balaban J connectivity index is 1.84. The number of fused-ring (bicyclic) bond motifs is 2. The summed E-state index contributed by atoms with van der Waals surface area (Å²) < 4.78 is 4.67. The minimum Gasteiger partial charge on any atom is -0.456 e. The number of nitrogens with one attached hydrogen (secondary N) is 1. The molecule has 2 bridgehead atoms. The fourth-order valence-electron chi connectivity index (χ4n) is 2.11. The molecule has 2 saturated heterocycles. The van der Waals surface area contributed by atoms with E-state index in [1.54, 1.807) is 0 Å². The average Bonchev–Trinajstić information content (AvgIpc) is 2.74. The van der Waals surface area contributed by atoms with E-state index in [0.717, 1.165) is 19.5 Å². The van der Waals surface area contributed by atoms with Crippen LogP contribution in [-0.2, 0) is 14.3 Å². The molecule has 0 saturated carbocycles. The first-order valence-corrected chi connectivity index (χ1v) is 4.83. The van der Waals surface area contributed by atoms with Gasteiger partial charge < -0.3 is 15.0 Å². The summed E-state index contributed by atoms with van der Waals surface area (Å²) in [7, 11) is 0.